The van der Waals surface area contributed by atoms with Crippen molar-refractivity contribution in [2.45, 2.75) is 48.9 Å². The number of pyridine rings is 1. The minimum atomic E-state index is 0.600. The van der Waals surface area contributed by atoms with Crippen LogP contribution in [0.2, 0.25) is 0 Å². The molecule has 1 heterocycles. The molecule has 1 aliphatic carbocycles. The molecule has 3 heteroatoms. The van der Waals surface area contributed by atoms with E-state index in [1.165, 1.54) is 37.7 Å². The average Bonchev–Trinajstić information content (AvgIpc) is 2.31. The Morgan fingerprint density at radius 2 is 2.13 bits per heavy atom. The first kappa shape index (κ1) is 11.0. The molecule has 1 aromatic heterocycles. The third-order valence-electron chi connectivity index (χ3n) is 2.90. The average molecular weight is 222 g/mol. The quantitative estimate of drug-likeness (QED) is 0.854. The summed E-state index contributed by atoms with van der Waals surface area (Å²) in [6.45, 7) is 0.600. The van der Waals surface area contributed by atoms with Crippen LogP contribution in [0.15, 0.2) is 23.4 Å². The van der Waals surface area contributed by atoms with Crippen molar-refractivity contribution in [3.63, 3.8) is 0 Å². The molecule has 1 aliphatic rings. The lowest BCUT2D eigenvalue weighted by atomic mass is 10.0. The van der Waals surface area contributed by atoms with E-state index in [1.54, 1.807) is 0 Å². The van der Waals surface area contributed by atoms with Crippen LogP contribution < -0.4 is 5.73 Å². The van der Waals surface area contributed by atoms with Gasteiger partial charge in [0.1, 0.15) is 5.03 Å². The zero-order valence-electron chi connectivity index (χ0n) is 8.98. The van der Waals surface area contributed by atoms with Gasteiger partial charge in [-0.1, -0.05) is 25.3 Å². The molecule has 1 saturated carbocycles. The van der Waals surface area contributed by atoms with Crippen molar-refractivity contribution in [1.82, 2.24) is 4.98 Å². The van der Waals surface area contributed by atoms with Gasteiger partial charge in [0, 0.05) is 18.0 Å². The van der Waals surface area contributed by atoms with Crippen LogP contribution in [0.1, 0.15) is 37.7 Å². The lowest BCUT2D eigenvalue weighted by molar-refractivity contribution is 0.515. The van der Waals surface area contributed by atoms with Crippen molar-refractivity contribution in [2.75, 3.05) is 0 Å². The summed E-state index contributed by atoms with van der Waals surface area (Å²) in [5.41, 5.74) is 6.89. The first-order valence-corrected chi connectivity index (χ1v) is 6.58. The molecule has 2 N–H and O–H groups in total. The first-order chi connectivity index (χ1) is 7.40. The topological polar surface area (TPSA) is 38.9 Å². The highest BCUT2D eigenvalue weighted by Crippen LogP contribution is 2.33. The van der Waals surface area contributed by atoms with Crippen molar-refractivity contribution in [3.05, 3.63) is 23.9 Å². The standard InChI is InChI=1S/C12H18N2S/c13-9-10-5-4-8-14-12(10)15-11-6-2-1-3-7-11/h4-5,8,11H,1-3,6-7,9,13H2. The highest BCUT2D eigenvalue weighted by Gasteiger charge is 2.16. The van der Waals surface area contributed by atoms with Gasteiger partial charge in [-0.15, -0.1) is 11.8 Å². The summed E-state index contributed by atoms with van der Waals surface area (Å²) >= 11 is 1.92. The predicted octanol–water partition coefficient (Wildman–Crippen LogP) is 2.97. The van der Waals surface area contributed by atoms with Gasteiger partial charge in [0.05, 0.1) is 0 Å². The summed E-state index contributed by atoms with van der Waals surface area (Å²) in [5.74, 6) is 0. The second kappa shape index (κ2) is 5.52. The highest BCUT2D eigenvalue weighted by atomic mass is 32.2. The fraction of sp³-hybridized carbons (Fsp3) is 0.583. The molecule has 0 spiro atoms. The summed E-state index contributed by atoms with van der Waals surface area (Å²) in [6.07, 6.45) is 8.70. The van der Waals surface area contributed by atoms with E-state index in [0.29, 0.717) is 6.54 Å². The van der Waals surface area contributed by atoms with E-state index >= 15 is 0 Å². The molecule has 0 bridgehead atoms. The van der Waals surface area contributed by atoms with Crippen molar-refractivity contribution < 1.29 is 0 Å². The number of nitrogens with two attached hydrogens (primary N) is 1. The Labute approximate surface area is 95.7 Å². The van der Waals surface area contributed by atoms with Gasteiger partial charge in [-0.3, -0.25) is 0 Å². The van der Waals surface area contributed by atoms with Crippen LogP contribution in [0.5, 0.6) is 0 Å². The van der Waals surface area contributed by atoms with Crippen LogP contribution in [0.25, 0.3) is 0 Å². The second-order valence-electron chi connectivity index (χ2n) is 4.05. The van der Waals surface area contributed by atoms with Crippen LogP contribution in [-0.4, -0.2) is 10.2 Å². The molecule has 1 aromatic rings. The number of nitrogens with zero attached hydrogens (tertiary/aromatic N) is 1. The molecule has 0 unspecified atom stereocenters. The van der Waals surface area contributed by atoms with E-state index in [9.17, 15) is 0 Å². The maximum Gasteiger partial charge on any atom is 0.101 e. The predicted molar refractivity (Wildman–Crippen MR) is 64.9 cm³/mol. The third-order valence-corrected chi connectivity index (χ3v) is 4.30. The zero-order chi connectivity index (χ0) is 10.5. The summed E-state index contributed by atoms with van der Waals surface area (Å²) in [6, 6.07) is 4.05. The largest absolute Gasteiger partial charge is 0.326 e. The minimum Gasteiger partial charge on any atom is -0.326 e. The smallest absolute Gasteiger partial charge is 0.101 e. The summed E-state index contributed by atoms with van der Waals surface area (Å²) < 4.78 is 0. The lowest BCUT2D eigenvalue weighted by Crippen LogP contribution is -2.09. The van der Waals surface area contributed by atoms with Crippen molar-refractivity contribution >= 4 is 11.8 Å². The Balaban J connectivity index is 2.02. The Morgan fingerprint density at radius 1 is 1.33 bits per heavy atom. The van der Waals surface area contributed by atoms with Gasteiger partial charge in [0.15, 0.2) is 0 Å². The number of rotatable bonds is 3. The van der Waals surface area contributed by atoms with Crippen molar-refractivity contribution in [3.8, 4) is 0 Å². The van der Waals surface area contributed by atoms with Gasteiger partial charge in [-0.25, -0.2) is 4.98 Å². The fourth-order valence-electron chi connectivity index (χ4n) is 2.03. The van der Waals surface area contributed by atoms with E-state index in [2.05, 4.69) is 11.1 Å². The Bertz CT molecular complexity index is 308. The van der Waals surface area contributed by atoms with Crippen LogP contribution >= 0.6 is 11.8 Å². The first-order valence-electron chi connectivity index (χ1n) is 5.71. The zero-order valence-corrected chi connectivity index (χ0v) is 9.80. The van der Waals surface area contributed by atoms with Gasteiger partial charge >= 0.3 is 0 Å². The van der Waals surface area contributed by atoms with Crippen LogP contribution in [-0.2, 0) is 6.54 Å². The van der Waals surface area contributed by atoms with Crippen LogP contribution in [0.3, 0.4) is 0 Å². The molecule has 0 aliphatic heterocycles. The number of thioether (sulfide) groups is 1. The normalized spacial score (nSPS) is 17.9. The van der Waals surface area contributed by atoms with E-state index in [4.69, 9.17) is 5.73 Å². The molecular weight excluding hydrogens is 204 g/mol. The maximum atomic E-state index is 5.70. The molecule has 0 radical (unpaired) electrons. The van der Waals surface area contributed by atoms with Crippen LogP contribution in [0, 0.1) is 0 Å². The molecule has 82 valence electrons. The van der Waals surface area contributed by atoms with Crippen molar-refractivity contribution in [1.29, 1.82) is 0 Å². The summed E-state index contributed by atoms with van der Waals surface area (Å²) in [4.78, 5) is 4.43. The van der Waals surface area contributed by atoms with E-state index in [-0.39, 0.29) is 0 Å². The van der Waals surface area contributed by atoms with Gasteiger partial charge in [0.2, 0.25) is 0 Å². The lowest BCUT2D eigenvalue weighted by Gasteiger charge is -2.21. The minimum absolute atomic E-state index is 0.600. The van der Waals surface area contributed by atoms with E-state index < -0.39 is 0 Å². The maximum absolute atomic E-state index is 5.70. The van der Waals surface area contributed by atoms with Gasteiger partial charge < -0.3 is 5.73 Å². The number of hydrogen-bond donors (Lipinski definition) is 1. The van der Waals surface area contributed by atoms with Gasteiger partial charge in [0.25, 0.3) is 0 Å². The van der Waals surface area contributed by atoms with E-state index in [0.717, 1.165) is 10.3 Å². The summed E-state index contributed by atoms with van der Waals surface area (Å²) in [7, 11) is 0. The highest BCUT2D eigenvalue weighted by molar-refractivity contribution is 7.99. The SMILES string of the molecule is NCc1cccnc1SC1CCCCC1. The Kier molecular flexibility index (Phi) is 4.03. The number of aromatic nitrogens is 1. The molecular formula is C12H18N2S. The Morgan fingerprint density at radius 3 is 2.87 bits per heavy atom. The third kappa shape index (κ3) is 2.95. The van der Waals surface area contributed by atoms with Gasteiger partial charge in [-0.05, 0) is 24.5 Å². The molecule has 0 amide bonds. The molecule has 0 atom stereocenters. The van der Waals surface area contributed by atoms with Crippen molar-refractivity contribution in [2.24, 2.45) is 5.73 Å². The molecule has 1 fully saturated rings. The monoisotopic (exact) mass is 222 g/mol. The second-order valence-corrected chi connectivity index (χ2v) is 5.34. The summed E-state index contributed by atoms with van der Waals surface area (Å²) in [5, 5.41) is 1.91. The molecule has 0 saturated heterocycles. The number of hydrogen-bond acceptors (Lipinski definition) is 3. The van der Waals surface area contributed by atoms with E-state index in [1.807, 2.05) is 24.0 Å². The fourth-order valence-corrected chi connectivity index (χ4v) is 3.34. The Hall–Kier alpha value is -0.540. The molecule has 2 rings (SSSR count). The van der Waals surface area contributed by atoms with Gasteiger partial charge in [-0.2, -0.15) is 0 Å². The molecule has 0 aromatic carbocycles. The molecule has 2 nitrogen and oxygen atoms in total. The molecule has 15 heavy (non-hydrogen) atoms. The van der Waals surface area contributed by atoms with Crippen LogP contribution in [0.4, 0.5) is 0 Å².